The van der Waals surface area contributed by atoms with Crippen molar-refractivity contribution in [3.05, 3.63) is 75.8 Å². The van der Waals surface area contributed by atoms with Gasteiger partial charge in [0.2, 0.25) is 5.91 Å². The van der Waals surface area contributed by atoms with E-state index in [1.807, 2.05) is 37.3 Å². The van der Waals surface area contributed by atoms with Gasteiger partial charge in [0.05, 0.1) is 6.04 Å². The Hall–Kier alpha value is -1.77. The van der Waals surface area contributed by atoms with Crippen LogP contribution in [0.15, 0.2) is 54.6 Å². The van der Waals surface area contributed by atoms with Gasteiger partial charge in [-0.15, -0.1) is 0 Å². The minimum absolute atomic E-state index is 0.0648. The molecule has 0 unspecified atom stereocenters. The van der Waals surface area contributed by atoms with E-state index in [-0.39, 0.29) is 11.9 Å². The summed E-state index contributed by atoms with van der Waals surface area (Å²) >= 11 is 12.1. The van der Waals surface area contributed by atoms with Gasteiger partial charge >= 0.3 is 0 Å². The first-order chi connectivity index (χ1) is 10.1. The van der Waals surface area contributed by atoms with Crippen molar-refractivity contribution >= 4 is 35.2 Å². The molecule has 2 aromatic rings. The summed E-state index contributed by atoms with van der Waals surface area (Å²) in [5.41, 5.74) is 1.69. The van der Waals surface area contributed by atoms with Crippen molar-refractivity contribution in [1.82, 2.24) is 5.32 Å². The van der Waals surface area contributed by atoms with E-state index in [0.717, 1.165) is 5.56 Å². The van der Waals surface area contributed by atoms with Crippen molar-refractivity contribution < 1.29 is 4.79 Å². The number of rotatable bonds is 4. The molecule has 4 heteroatoms. The van der Waals surface area contributed by atoms with Gasteiger partial charge in [-0.3, -0.25) is 4.79 Å². The summed E-state index contributed by atoms with van der Waals surface area (Å²) in [6.45, 7) is 1.93. The topological polar surface area (TPSA) is 29.1 Å². The van der Waals surface area contributed by atoms with Gasteiger partial charge in [-0.25, -0.2) is 0 Å². The summed E-state index contributed by atoms with van der Waals surface area (Å²) in [5.74, 6) is -0.192. The molecule has 0 aromatic heterocycles. The number of carbonyl (C=O) groups excluding carboxylic acids is 1. The molecule has 0 saturated carbocycles. The highest BCUT2D eigenvalue weighted by atomic mass is 35.5. The summed E-state index contributed by atoms with van der Waals surface area (Å²) in [7, 11) is 0. The number of nitrogens with one attached hydrogen (secondary N) is 1. The molecule has 0 fully saturated rings. The fourth-order valence-corrected chi connectivity index (χ4v) is 2.44. The predicted molar refractivity (Wildman–Crippen MR) is 88.5 cm³/mol. The molecule has 2 aromatic carbocycles. The van der Waals surface area contributed by atoms with E-state index < -0.39 is 0 Å². The molecule has 0 aliphatic rings. The van der Waals surface area contributed by atoms with E-state index in [1.165, 1.54) is 6.08 Å². The fourth-order valence-electron chi connectivity index (χ4n) is 1.92. The zero-order valence-corrected chi connectivity index (χ0v) is 13.0. The molecule has 108 valence electrons. The molecule has 1 N–H and O–H groups in total. The highest BCUT2D eigenvalue weighted by molar-refractivity contribution is 6.37. The molecule has 2 nitrogen and oxygen atoms in total. The maximum Gasteiger partial charge on any atom is 0.244 e. The van der Waals surface area contributed by atoms with Crippen molar-refractivity contribution in [2.24, 2.45) is 0 Å². The SMILES string of the molecule is C[C@@H](NC(=O)/C=C/c1c(Cl)cccc1Cl)c1ccccc1. The Morgan fingerprint density at radius 1 is 1.05 bits per heavy atom. The normalized spacial score (nSPS) is 12.3. The van der Waals surface area contributed by atoms with Crippen molar-refractivity contribution in [2.75, 3.05) is 0 Å². The van der Waals surface area contributed by atoms with Crippen LogP contribution >= 0.6 is 23.2 Å². The Morgan fingerprint density at radius 3 is 2.29 bits per heavy atom. The van der Waals surface area contributed by atoms with Crippen LogP contribution in [-0.4, -0.2) is 5.91 Å². The fraction of sp³-hybridized carbons (Fsp3) is 0.118. The Kier molecular flexibility index (Phi) is 5.43. The molecule has 0 aliphatic heterocycles. The van der Waals surface area contributed by atoms with Gasteiger partial charge in [0.1, 0.15) is 0 Å². The van der Waals surface area contributed by atoms with E-state index in [1.54, 1.807) is 24.3 Å². The van der Waals surface area contributed by atoms with Gasteiger partial charge in [0, 0.05) is 21.7 Å². The summed E-state index contributed by atoms with van der Waals surface area (Å²) in [4.78, 5) is 11.9. The Labute approximate surface area is 134 Å². The van der Waals surface area contributed by atoms with Crippen LogP contribution in [-0.2, 0) is 4.79 Å². The van der Waals surface area contributed by atoms with E-state index in [9.17, 15) is 4.79 Å². The third kappa shape index (κ3) is 4.35. The Balaban J connectivity index is 2.03. The number of halogens is 2. The highest BCUT2D eigenvalue weighted by Gasteiger charge is 2.07. The smallest absolute Gasteiger partial charge is 0.244 e. The largest absolute Gasteiger partial charge is 0.346 e. The molecule has 2 rings (SSSR count). The number of carbonyl (C=O) groups is 1. The van der Waals surface area contributed by atoms with Gasteiger partial charge in [0.25, 0.3) is 0 Å². The second-order valence-electron chi connectivity index (χ2n) is 4.61. The van der Waals surface area contributed by atoms with Gasteiger partial charge in [-0.05, 0) is 30.7 Å². The van der Waals surface area contributed by atoms with E-state index >= 15 is 0 Å². The standard InChI is InChI=1S/C17H15Cl2NO/c1-12(13-6-3-2-4-7-13)20-17(21)11-10-14-15(18)8-5-9-16(14)19/h2-12H,1H3,(H,20,21)/b11-10+/t12-/m1/s1. The molecule has 21 heavy (non-hydrogen) atoms. The van der Waals surface area contributed by atoms with Crippen LogP contribution in [0.25, 0.3) is 6.08 Å². The van der Waals surface area contributed by atoms with Gasteiger partial charge < -0.3 is 5.32 Å². The number of benzene rings is 2. The third-order valence-corrected chi connectivity index (χ3v) is 3.72. The average molecular weight is 320 g/mol. The van der Waals surface area contributed by atoms with Crippen LogP contribution in [0.5, 0.6) is 0 Å². The highest BCUT2D eigenvalue weighted by Crippen LogP contribution is 2.25. The van der Waals surface area contributed by atoms with E-state index in [0.29, 0.717) is 15.6 Å². The lowest BCUT2D eigenvalue weighted by Crippen LogP contribution is -2.24. The molecule has 0 radical (unpaired) electrons. The lowest BCUT2D eigenvalue weighted by molar-refractivity contribution is -0.117. The number of hydrogen-bond acceptors (Lipinski definition) is 1. The molecular weight excluding hydrogens is 305 g/mol. The van der Waals surface area contributed by atoms with Crippen LogP contribution in [0.3, 0.4) is 0 Å². The Bertz CT molecular complexity index is 633. The second-order valence-corrected chi connectivity index (χ2v) is 5.42. The number of amides is 1. The Morgan fingerprint density at radius 2 is 1.67 bits per heavy atom. The van der Waals surface area contributed by atoms with Crippen LogP contribution in [0.2, 0.25) is 10.0 Å². The minimum atomic E-state index is -0.192. The summed E-state index contributed by atoms with van der Waals surface area (Å²) in [6.07, 6.45) is 3.06. The number of hydrogen-bond donors (Lipinski definition) is 1. The van der Waals surface area contributed by atoms with Crippen molar-refractivity contribution in [1.29, 1.82) is 0 Å². The van der Waals surface area contributed by atoms with Crippen LogP contribution in [0, 0.1) is 0 Å². The van der Waals surface area contributed by atoms with Gasteiger partial charge in [-0.1, -0.05) is 59.6 Å². The van der Waals surface area contributed by atoms with Crippen LogP contribution in [0.1, 0.15) is 24.1 Å². The van der Waals surface area contributed by atoms with Crippen LogP contribution in [0.4, 0.5) is 0 Å². The first-order valence-electron chi connectivity index (χ1n) is 6.55. The molecule has 0 heterocycles. The zero-order chi connectivity index (χ0) is 15.2. The predicted octanol–water partition coefficient (Wildman–Crippen LogP) is 4.88. The minimum Gasteiger partial charge on any atom is -0.346 e. The summed E-state index contributed by atoms with van der Waals surface area (Å²) in [5, 5.41) is 3.93. The molecule has 1 amide bonds. The molecule has 0 bridgehead atoms. The monoisotopic (exact) mass is 319 g/mol. The lowest BCUT2D eigenvalue weighted by atomic mass is 10.1. The van der Waals surface area contributed by atoms with Crippen LogP contribution < -0.4 is 5.32 Å². The molecule has 0 spiro atoms. The van der Waals surface area contributed by atoms with Gasteiger partial charge in [0.15, 0.2) is 0 Å². The first-order valence-corrected chi connectivity index (χ1v) is 7.31. The van der Waals surface area contributed by atoms with Crippen molar-refractivity contribution in [2.45, 2.75) is 13.0 Å². The first kappa shape index (κ1) is 15.6. The second kappa shape index (κ2) is 7.30. The zero-order valence-electron chi connectivity index (χ0n) is 11.5. The third-order valence-electron chi connectivity index (χ3n) is 3.06. The maximum atomic E-state index is 11.9. The molecule has 1 atom stereocenters. The van der Waals surface area contributed by atoms with E-state index in [4.69, 9.17) is 23.2 Å². The maximum absolute atomic E-state index is 11.9. The van der Waals surface area contributed by atoms with Crippen molar-refractivity contribution in [3.8, 4) is 0 Å². The molecule has 0 aliphatic carbocycles. The average Bonchev–Trinajstić information content (AvgIpc) is 2.47. The van der Waals surface area contributed by atoms with E-state index in [2.05, 4.69) is 5.32 Å². The summed E-state index contributed by atoms with van der Waals surface area (Å²) in [6, 6.07) is 14.9. The lowest BCUT2D eigenvalue weighted by Gasteiger charge is -2.12. The molecule has 0 saturated heterocycles. The summed E-state index contributed by atoms with van der Waals surface area (Å²) < 4.78 is 0. The van der Waals surface area contributed by atoms with Gasteiger partial charge in [-0.2, -0.15) is 0 Å². The molecular formula is C17H15Cl2NO. The van der Waals surface area contributed by atoms with Crippen molar-refractivity contribution in [3.63, 3.8) is 0 Å². The quantitative estimate of drug-likeness (QED) is 0.799.